The zero-order valence-corrected chi connectivity index (χ0v) is 31.4. The second-order valence-corrected chi connectivity index (χ2v) is 16.2. The standard InChI is InChI=1S/C38H56ClN5O7/c1-6-11-27(32(46)35(48)40-25-15-16-25)41-34(47)29-21-38(20-28(43-51-38)24-14-17-30(50-7-2)26(39)19-24)22-44(29)36(49)33(37(3,4)5)42-31(45)18-23-12-9-8-10-13-23/h14,17,19-20,23,25,27,29,32-33,43,46H,6-13,15-16,18,21-22H2,1-5H3,(H,40,48)(H,41,47)(H,42,45)/t27-,29-,32?,33+,38+/m0/s1. The molecular formula is C38H56ClN5O7. The van der Waals surface area contributed by atoms with Crippen LogP contribution in [0.2, 0.25) is 5.02 Å². The zero-order chi connectivity index (χ0) is 36.9. The lowest BCUT2D eigenvalue weighted by Crippen LogP contribution is -2.59. The van der Waals surface area contributed by atoms with Crippen molar-refractivity contribution in [1.82, 2.24) is 26.3 Å². The fraction of sp³-hybridized carbons (Fsp3) is 0.684. The molecule has 1 spiro atoms. The Balaban J connectivity index is 1.41. The number of hydrogen-bond acceptors (Lipinski definition) is 8. The molecule has 282 valence electrons. The van der Waals surface area contributed by atoms with E-state index < -0.39 is 53.0 Å². The average Bonchev–Trinajstić information content (AvgIpc) is 3.68. The van der Waals surface area contributed by atoms with Gasteiger partial charge in [0.15, 0.2) is 6.10 Å². The smallest absolute Gasteiger partial charge is 0.251 e. The van der Waals surface area contributed by atoms with Gasteiger partial charge < -0.3 is 30.7 Å². The van der Waals surface area contributed by atoms with E-state index in [1.54, 1.807) is 12.1 Å². The maximum Gasteiger partial charge on any atom is 0.251 e. The molecule has 5 atom stereocenters. The molecule has 2 heterocycles. The first-order chi connectivity index (χ1) is 24.2. The van der Waals surface area contributed by atoms with Gasteiger partial charge in [0, 0.05) is 24.4 Å². The van der Waals surface area contributed by atoms with E-state index in [4.69, 9.17) is 21.2 Å². The van der Waals surface area contributed by atoms with Gasteiger partial charge in [0.25, 0.3) is 5.91 Å². The molecule has 0 aromatic heterocycles. The van der Waals surface area contributed by atoms with Crippen molar-refractivity contribution in [3.63, 3.8) is 0 Å². The molecule has 12 nitrogen and oxygen atoms in total. The predicted molar refractivity (Wildman–Crippen MR) is 194 cm³/mol. The number of nitrogens with one attached hydrogen (secondary N) is 4. The van der Waals surface area contributed by atoms with Crippen LogP contribution in [0.4, 0.5) is 0 Å². The molecule has 2 aliphatic heterocycles. The lowest BCUT2D eigenvalue weighted by molar-refractivity contribution is -0.145. The average molecular weight is 730 g/mol. The number of benzene rings is 1. The highest BCUT2D eigenvalue weighted by Gasteiger charge is 2.54. The van der Waals surface area contributed by atoms with E-state index >= 15 is 0 Å². The molecule has 0 radical (unpaired) electrons. The summed E-state index contributed by atoms with van der Waals surface area (Å²) in [6.45, 7) is 9.97. The third kappa shape index (κ3) is 9.75. The molecule has 1 unspecified atom stereocenters. The van der Waals surface area contributed by atoms with Crippen LogP contribution in [0.25, 0.3) is 5.70 Å². The SMILES string of the molecule is CCC[C@H](NC(=O)[C@@H]1C[C@]2(C=C(c3ccc(OCC)c(Cl)c3)NO2)CN1C(=O)[C@@H](NC(=O)CC1CCCCC1)C(C)(C)C)C(O)C(=O)NC1CC1. The number of hydrogen-bond donors (Lipinski definition) is 5. The van der Waals surface area contributed by atoms with Crippen molar-refractivity contribution in [1.29, 1.82) is 0 Å². The van der Waals surface area contributed by atoms with Gasteiger partial charge in [0.2, 0.25) is 17.7 Å². The Morgan fingerprint density at radius 2 is 1.82 bits per heavy atom. The molecule has 2 saturated carbocycles. The molecule has 2 aliphatic carbocycles. The van der Waals surface area contributed by atoms with Gasteiger partial charge in [-0.15, -0.1) is 0 Å². The van der Waals surface area contributed by atoms with Crippen LogP contribution in [-0.2, 0) is 24.0 Å². The number of likely N-dealkylation sites (tertiary alicyclic amines) is 1. The molecule has 3 fully saturated rings. The highest BCUT2D eigenvalue weighted by molar-refractivity contribution is 6.32. The number of carbonyl (C=O) groups excluding carboxylic acids is 4. The minimum atomic E-state index is -1.45. The zero-order valence-electron chi connectivity index (χ0n) is 30.7. The number of amides is 4. The molecule has 5 rings (SSSR count). The third-order valence-electron chi connectivity index (χ3n) is 10.4. The van der Waals surface area contributed by atoms with Gasteiger partial charge in [-0.1, -0.05) is 65.0 Å². The third-order valence-corrected chi connectivity index (χ3v) is 10.7. The largest absolute Gasteiger partial charge is 0.492 e. The molecule has 4 aliphatic rings. The Labute approximate surface area is 306 Å². The maximum absolute atomic E-state index is 14.6. The highest BCUT2D eigenvalue weighted by atomic mass is 35.5. The second kappa shape index (κ2) is 16.5. The Morgan fingerprint density at radius 1 is 1.10 bits per heavy atom. The molecule has 1 saturated heterocycles. The van der Waals surface area contributed by atoms with E-state index in [9.17, 15) is 24.3 Å². The van der Waals surface area contributed by atoms with Crippen LogP contribution in [0.3, 0.4) is 0 Å². The normalized spacial score (nSPS) is 23.9. The number of nitrogens with zero attached hydrogens (tertiary/aromatic N) is 1. The number of carbonyl (C=O) groups is 4. The van der Waals surface area contributed by atoms with Crippen LogP contribution in [0.1, 0.15) is 111 Å². The van der Waals surface area contributed by atoms with E-state index in [2.05, 4.69) is 21.4 Å². The van der Waals surface area contributed by atoms with Crippen molar-refractivity contribution >= 4 is 40.9 Å². The van der Waals surface area contributed by atoms with Crippen LogP contribution < -0.4 is 26.2 Å². The minimum Gasteiger partial charge on any atom is -0.492 e. The predicted octanol–water partition coefficient (Wildman–Crippen LogP) is 4.38. The summed E-state index contributed by atoms with van der Waals surface area (Å²) in [5.41, 5.74) is 2.59. The Bertz CT molecular complexity index is 1470. The quantitative estimate of drug-likeness (QED) is 0.189. The Morgan fingerprint density at radius 3 is 2.45 bits per heavy atom. The van der Waals surface area contributed by atoms with Crippen LogP contribution in [0.5, 0.6) is 5.75 Å². The fourth-order valence-electron chi connectivity index (χ4n) is 7.39. The van der Waals surface area contributed by atoms with Crippen molar-refractivity contribution < 1.29 is 33.9 Å². The number of ether oxygens (including phenoxy) is 1. The minimum absolute atomic E-state index is 0.0272. The number of aliphatic hydroxyl groups is 1. The van der Waals surface area contributed by atoms with Crippen molar-refractivity contribution in [2.75, 3.05) is 13.2 Å². The molecule has 1 aromatic rings. The molecule has 5 N–H and O–H groups in total. The lowest BCUT2D eigenvalue weighted by atomic mass is 9.84. The maximum atomic E-state index is 14.6. The van der Waals surface area contributed by atoms with Gasteiger partial charge in [-0.2, -0.15) is 0 Å². The van der Waals surface area contributed by atoms with E-state index in [0.29, 0.717) is 48.3 Å². The highest BCUT2D eigenvalue weighted by Crippen LogP contribution is 2.40. The molecule has 1 aromatic carbocycles. The summed E-state index contributed by atoms with van der Waals surface area (Å²) in [6, 6.07) is 2.65. The van der Waals surface area contributed by atoms with Crippen LogP contribution >= 0.6 is 11.6 Å². The first-order valence-corrected chi connectivity index (χ1v) is 19.1. The second-order valence-electron chi connectivity index (χ2n) is 15.8. The summed E-state index contributed by atoms with van der Waals surface area (Å²) in [4.78, 5) is 62.8. The van der Waals surface area contributed by atoms with Crippen molar-refractivity contribution in [3.8, 4) is 5.75 Å². The van der Waals surface area contributed by atoms with Crippen molar-refractivity contribution in [3.05, 3.63) is 34.9 Å². The fourth-order valence-corrected chi connectivity index (χ4v) is 7.63. The van der Waals surface area contributed by atoms with Crippen LogP contribution in [0.15, 0.2) is 24.3 Å². The van der Waals surface area contributed by atoms with E-state index in [-0.39, 0.29) is 24.9 Å². The van der Waals surface area contributed by atoms with E-state index in [1.807, 2.05) is 46.8 Å². The monoisotopic (exact) mass is 729 g/mol. The molecule has 0 bridgehead atoms. The number of rotatable bonds is 14. The molecule has 13 heteroatoms. The van der Waals surface area contributed by atoms with E-state index in [1.165, 1.54) is 11.3 Å². The van der Waals surface area contributed by atoms with Gasteiger partial charge >= 0.3 is 0 Å². The van der Waals surface area contributed by atoms with Gasteiger partial charge in [0.05, 0.1) is 29.9 Å². The van der Waals surface area contributed by atoms with Gasteiger partial charge in [-0.3, -0.25) is 29.5 Å². The van der Waals surface area contributed by atoms with Gasteiger partial charge in [-0.25, -0.2) is 0 Å². The topological polar surface area (TPSA) is 158 Å². The first-order valence-electron chi connectivity index (χ1n) is 18.7. The summed E-state index contributed by atoms with van der Waals surface area (Å²) in [5.74, 6) is -0.755. The molecule has 51 heavy (non-hydrogen) atoms. The lowest BCUT2D eigenvalue weighted by Gasteiger charge is -2.36. The molecule has 4 amide bonds. The number of hydroxylamine groups is 1. The summed E-state index contributed by atoms with van der Waals surface area (Å²) in [6.07, 6.45) is 8.96. The van der Waals surface area contributed by atoms with Gasteiger partial charge in [0.1, 0.15) is 23.4 Å². The number of aliphatic hydroxyl groups excluding tert-OH is 1. The summed E-state index contributed by atoms with van der Waals surface area (Å²) in [5, 5.41) is 20.2. The number of halogens is 1. The summed E-state index contributed by atoms with van der Waals surface area (Å²) < 4.78 is 5.59. The summed E-state index contributed by atoms with van der Waals surface area (Å²) in [7, 11) is 0. The first kappa shape index (κ1) is 38.9. The Kier molecular flexibility index (Phi) is 12.6. The van der Waals surface area contributed by atoms with Crippen molar-refractivity contribution in [2.45, 2.75) is 141 Å². The van der Waals surface area contributed by atoms with Crippen LogP contribution in [0, 0.1) is 11.3 Å². The van der Waals surface area contributed by atoms with Gasteiger partial charge in [-0.05, 0) is 74.6 Å². The molecular weight excluding hydrogens is 674 g/mol. The summed E-state index contributed by atoms with van der Waals surface area (Å²) >= 11 is 6.49. The van der Waals surface area contributed by atoms with Crippen molar-refractivity contribution in [2.24, 2.45) is 11.3 Å². The van der Waals surface area contributed by atoms with E-state index in [0.717, 1.165) is 44.1 Å². The Hall–Kier alpha value is -3.35. The van der Waals surface area contributed by atoms with Crippen LogP contribution in [-0.4, -0.2) is 82.7 Å².